The highest BCUT2D eigenvalue weighted by Crippen LogP contribution is 2.12. The second kappa shape index (κ2) is 6.84. The van der Waals surface area contributed by atoms with Crippen LogP contribution in [0.4, 0.5) is 0 Å². The summed E-state index contributed by atoms with van der Waals surface area (Å²) in [6.45, 7) is 3.45. The van der Waals surface area contributed by atoms with Crippen LogP contribution in [0.1, 0.15) is 25.7 Å². The first kappa shape index (κ1) is 12.4. The summed E-state index contributed by atoms with van der Waals surface area (Å²) in [6.07, 6.45) is 2.17. The third-order valence-electron chi connectivity index (χ3n) is 1.85. The van der Waals surface area contributed by atoms with Gasteiger partial charge in [0, 0.05) is 6.42 Å². The Kier molecular flexibility index (Phi) is 6.04. The van der Waals surface area contributed by atoms with Gasteiger partial charge in [-0.1, -0.05) is 6.08 Å². The number of nitrogens with zero attached hydrogens (tertiary/aromatic N) is 1. The van der Waals surface area contributed by atoms with Gasteiger partial charge in [0.2, 0.25) is 0 Å². The number of hydrogen-bond donors (Lipinski definition) is 1. The topological polar surface area (TPSA) is 78.2 Å². The number of rotatable bonds is 7. The Labute approximate surface area is 82.8 Å². The molecule has 4 nitrogen and oxygen atoms in total. The largest absolute Gasteiger partial charge is 0.481 e. The van der Waals surface area contributed by atoms with Crippen LogP contribution in [-0.2, 0) is 9.59 Å². The van der Waals surface area contributed by atoms with Crippen LogP contribution < -0.4 is 0 Å². The fraction of sp³-hybridized carbons (Fsp3) is 0.500. The second-order valence-corrected chi connectivity index (χ2v) is 2.97. The smallest absolute Gasteiger partial charge is 0.306 e. The predicted molar refractivity (Wildman–Crippen MR) is 50.4 cm³/mol. The molecule has 0 spiro atoms. The fourth-order valence-electron chi connectivity index (χ4n) is 1.06. The summed E-state index contributed by atoms with van der Waals surface area (Å²) in [6, 6.07) is 1.74. The summed E-state index contributed by atoms with van der Waals surface area (Å²) in [7, 11) is 0. The molecule has 0 aliphatic carbocycles. The van der Waals surface area contributed by atoms with E-state index in [-0.39, 0.29) is 25.0 Å². The van der Waals surface area contributed by atoms with Gasteiger partial charge >= 0.3 is 5.97 Å². The summed E-state index contributed by atoms with van der Waals surface area (Å²) < 4.78 is 0. The molecule has 0 aromatic heterocycles. The lowest BCUT2D eigenvalue weighted by atomic mass is 9.98. The molecule has 0 aliphatic heterocycles. The standard InChI is InChI=1S/C10H13NO3/c1-2-3-8(10(13)14)4-5-9(12)6-7-11/h2,8H,1,3-6H2,(H,13,14). The van der Waals surface area contributed by atoms with Crippen LogP contribution in [0.2, 0.25) is 0 Å². The number of hydrogen-bond acceptors (Lipinski definition) is 3. The van der Waals surface area contributed by atoms with Crippen LogP contribution in [-0.4, -0.2) is 16.9 Å². The average Bonchev–Trinajstić information content (AvgIpc) is 2.12. The van der Waals surface area contributed by atoms with Gasteiger partial charge in [-0.3, -0.25) is 9.59 Å². The van der Waals surface area contributed by atoms with Crippen molar-refractivity contribution in [1.29, 1.82) is 5.26 Å². The summed E-state index contributed by atoms with van der Waals surface area (Å²) in [5.74, 6) is -1.69. The molecule has 0 saturated heterocycles. The maximum Gasteiger partial charge on any atom is 0.306 e. The van der Waals surface area contributed by atoms with Crippen LogP contribution in [0.25, 0.3) is 0 Å². The SMILES string of the molecule is C=CCC(CCC(=O)CC#N)C(=O)O. The number of carboxylic acids is 1. The van der Waals surface area contributed by atoms with E-state index in [4.69, 9.17) is 10.4 Å². The molecule has 0 saturated carbocycles. The molecular formula is C10H13NO3. The third-order valence-corrected chi connectivity index (χ3v) is 1.85. The molecule has 4 heteroatoms. The van der Waals surface area contributed by atoms with E-state index >= 15 is 0 Å². The molecule has 0 aromatic carbocycles. The Morgan fingerprint density at radius 2 is 2.21 bits per heavy atom. The molecule has 0 amide bonds. The summed E-state index contributed by atoms with van der Waals surface area (Å²) in [5, 5.41) is 16.9. The maximum absolute atomic E-state index is 10.9. The van der Waals surface area contributed by atoms with Crippen LogP contribution in [0.3, 0.4) is 0 Å². The Bertz CT molecular complexity index is 265. The zero-order valence-electron chi connectivity index (χ0n) is 7.90. The minimum Gasteiger partial charge on any atom is -0.481 e. The first-order valence-corrected chi connectivity index (χ1v) is 4.34. The van der Waals surface area contributed by atoms with E-state index in [1.54, 1.807) is 6.07 Å². The van der Waals surface area contributed by atoms with Crippen LogP contribution in [0.5, 0.6) is 0 Å². The Morgan fingerprint density at radius 1 is 1.57 bits per heavy atom. The number of aliphatic carboxylic acids is 1. The minimum atomic E-state index is -0.922. The number of ketones is 1. The van der Waals surface area contributed by atoms with Crippen molar-refractivity contribution in [2.75, 3.05) is 0 Å². The van der Waals surface area contributed by atoms with E-state index in [2.05, 4.69) is 6.58 Å². The molecule has 76 valence electrons. The van der Waals surface area contributed by atoms with E-state index in [0.717, 1.165) is 0 Å². The molecule has 1 N–H and O–H groups in total. The van der Waals surface area contributed by atoms with Crippen molar-refractivity contribution < 1.29 is 14.7 Å². The molecule has 14 heavy (non-hydrogen) atoms. The Balaban J connectivity index is 3.94. The van der Waals surface area contributed by atoms with Crippen molar-refractivity contribution in [3.63, 3.8) is 0 Å². The number of nitriles is 1. The fourth-order valence-corrected chi connectivity index (χ4v) is 1.06. The van der Waals surface area contributed by atoms with Gasteiger partial charge in [0.25, 0.3) is 0 Å². The van der Waals surface area contributed by atoms with Gasteiger partial charge in [0.05, 0.1) is 18.4 Å². The number of carboxylic acid groups (broad SMARTS) is 1. The predicted octanol–water partition coefficient (Wildman–Crippen LogP) is 1.53. The van der Waals surface area contributed by atoms with Crippen molar-refractivity contribution in [2.24, 2.45) is 5.92 Å². The normalized spacial score (nSPS) is 11.4. The van der Waals surface area contributed by atoms with Crippen molar-refractivity contribution in [3.05, 3.63) is 12.7 Å². The molecule has 1 unspecified atom stereocenters. The zero-order chi connectivity index (χ0) is 11.0. The highest BCUT2D eigenvalue weighted by Gasteiger charge is 2.16. The summed E-state index contributed by atoms with van der Waals surface area (Å²) in [5.41, 5.74) is 0. The lowest BCUT2D eigenvalue weighted by Crippen LogP contribution is -2.14. The van der Waals surface area contributed by atoms with Crippen molar-refractivity contribution in [1.82, 2.24) is 0 Å². The quantitative estimate of drug-likeness (QED) is 0.625. The van der Waals surface area contributed by atoms with E-state index in [1.807, 2.05) is 0 Å². The summed E-state index contributed by atoms with van der Waals surface area (Å²) in [4.78, 5) is 21.6. The lowest BCUT2D eigenvalue weighted by molar-refractivity contribution is -0.141. The number of allylic oxidation sites excluding steroid dienone is 1. The van der Waals surface area contributed by atoms with Gasteiger partial charge < -0.3 is 5.11 Å². The van der Waals surface area contributed by atoms with Gasteiger partial charge in [-0.2, -0.15) is 5.26 Å². The Morgan fingerprint density at radius 3 is 2.64 bits per heavy atom. The molecule has 0 aromatic rings. The zero-order valence-corrected chi connectivity index (χ0v) is 7.90. The van der Waals surface area contributed by atoms with E-state index in [0.29, 0.717) is 6.42 Å². The number of carbonyl (C=O) groups is 2. The van der Waals surface area contributed by atoms with Crippen LogP contribution >= 0.6 is 0 Å². The molecule has 0 bridgehead atoms. The highest BCUT2D eigenvalue weighted by molar-refractivity contribution is 5.81. The molecule has 0 aliphatic rings. The molecule has 0 rings (SSSR count). The first-order chi connectivity index (χ1) is 6.61. The number of carbonyl (C=O) groups excluding carboxylic acids is 1. The first-order valence-electron chi connectivity index (χ1n) is 4.34. The van der Waals surface area contributed by atoms with Crippen molar-refractivity contribution in [3.8, 4) is 6.07 Å². The minimum absolute atomic E-state index is 0.138. The molecular weight excluding hydrogens is 182 g/mol. The van der Waals surface area contributed by atoms with E-state index in [1.165, 1.54) is 6.08 Å². The molecule has 1 atom stereocenters. The van der Waals surface area contributed by atoms with E-state index in [9.17, 15) is 9.59 Å². The van der Waals surface area contributed by atoms with Crippen molar-refractivity contribution >= 4 is 11.8 Å². The maximum atomic E-state index is 10.9. The van der Waals surface area contributed by atoms with E-state index < -0.39 is 11.9 Å². The molecule has 0 fully saturated rings. The lowest BCUT2D eigenvalue weighted by Gasteiger charge is -2.07. The monoisotopic (exact) mass is 195 g/mol. The van der Waals surface area contributed by atoms with Gasteiger partial charge in [0.15, 0.2) is 0 Å². The van der Waals surface area contributed by atoms with Crippen molar-refractivity contribution in [2.45, 2.75) is 25.7 Å². The Hall–Kier alpha value is -1.63. The second-order valence-electron chi connectivity index (χ2n) is 2.97. The van der Waals surface area contributed by atoms with Gasteiger partial charge in [-0.25, -0.2) is 0 Å². The molecule has 0 radical (unpaired) electrons. The average molecular weight is 195 g/mol. The van der Waals surface area contributed by atoms with Gasteiger partial charge in [-0.05, 0) is 12.8 Å². The molecule has 0 heterocycles. The summed E-state index contributed by atoms with van der Waals surface area (Å²) >= 11 is 0. The van der Waals surface area contributed by atoms with Crippen LogP contribution in [0, 0.1) is 17.2 Å². The van der Waals surface area contributed by atoms with Crippen LogP contribution in [0.15, 0.2) is 12.7 Å². The van der Waals surface area contributed by atoms with Gasteiger partial charge in [0.1, 0.15) is 5.78 Å². The highest BCUT2D eigenvalue weighted by atomic mass is 16.4. The van der Waals surface area contributed by atoms with Gasteiger partial charge in [-0.15, -0.1) is 6.58 Å². The third kappa shape index (κ3) is 5.09. The number of Topliss-reactive ketones (excluding diaryl/α,β-unsaturated/α-hetero) is 1.